The Morgan fingerprint density at radius 1 is 1.21 bits per heavy atom. The van der Waals surface area contributed by atoms with Crippen molar-refractivity contribution >= 4 is 5.78 Å². The van der Waals surface area contributed by atoms with Crippen LogP contribution in [-0.2, 0) is 4.74 Å². The third-order valence-corrected chi connectivity index (χ3v) is 2.56. The van der Waals surface area contributed by atoms with E-state index in [9.17, 15) is 9.90 Å². The van der Waals surface area contributed by atoms with Crippen molar-refractivity contribution in [3.05, 3.63) is 29.8 Å². The monoisotopic (exact) mass is 266 g/mol. The molecule has 1 N–H and O–H groups in total. The van der Waals surface area contributed by atoms with E-state index in [1.54, 1.807) is 24.3 Å². The first-order valence-corrected chi connectivity index (χ1v) is 6.58. The van der Waals surface area contributed by atoms with E-state index in [0.29, 0.717) is 17.7 Å². The first kappa shape index (κ1) is 15.7. The van der Waals surface area contributed by atoms with Gasteiger partial charge in [-0.2, -0.15) is 0 Å². The van der Waals surface area contributed by atoms with Crippen LogP contribution in [0.3, 0.4) is 0 Å². The number of aliphatic hydroxyl groups is 1. The quantitative estimate of drug-likeness (QED) is 0.734. The van der Waals surface area contributed by atoms with Gasteiger partial charge in [0.2, 0.25) is 0 Å². The Hall–Kier alpha value is -1.39. The van der Waals surface area contributed by atoms with E-state index in [4.69, 9.17) is 9.47 Å². The van der Waals surface area contributed by atoms with Gasteiger partial charge >= 0.3 is 0 Å². The van der Waals surface area contributed by atoms with Crippen molar-refractivity contribution in [1.82, 2.24) is 0 Å². The van der Waals surface area contributed by atoms with Gasteiger partial charge in [0.05, 0.1) is 12.7 Å². The van der Waals surface area contributed by atoms with Crippen molar-refractivity contribution in [2.45, 2.75) is 39.4 Å². The second-order valence-corrected chi connectivity index (χ2v) is 4.65. The SMILES string of the molecule is CCC(=O)c1ccc(OCC(O)COC(C)C)cc1. The van der Waals surface area contributed by atoms with Gasteiger partial charge in [0.25, 0.3) is 0 Å². The molecule has 1 atom stereocenters. The summed E-state index contributed by atoms with van der Waals surface area (Å²) in [5.74, 6) is 0.744. The molecule has 0 amide bonds. The molecule has 4 nitrogen and oxygen atoms in total. The zero-order chi connectivity index (χ0) is 14.3. The lowest BCUT2D eigenvalue weighted by Gasteiger charge is -2.14. The highest BCUT2D eigenvalue weighted by Crippen LogP contribution is 2.13. The van der Waals surface area contributed by atoms with Crippen LogP contribution in [0.15, 0.2) is 24.3 Å². The van der Waals surface area contributed by atoms with Gasteiger partial charge in [0, 0.05) is 12.0 Å². The number of hydrogen-bond acceptors (Lipinski definition) is 4. The van der Waals surface area contributed by atoms with Crippen LogP contribution < -0.4 is 4.74 Å². The van der Waals surface area contributed by atoms with E-state index in [1.807, 2.05) is 20.8 Å². The van der Waals surface area contributed by atoms with Crippen molar-refractivity contribution in [2.24, 2.45) is 0 Å². The fourth-order valence-corrected chi connectivity index (χ4v) is 1.49. The molecule has 0 saturated carbocycles. The standard InChI is InChI=1S/C15H22O4/c1-4-15(17)12-5-7-14(8-6-12)19-10-13(16)9-18-11(2)3/h5-8,11,13,16H,4,9-10H2,1-3H3. The largest absolute Gasteiger partial charge is 0.491 e. The molecule has 0 aromatic heterocycles. The third kappa shape index (κ3) is 5.85. The number of Topliss-reactive ketones (excluding diaryl/α,β-unsaturated/α-hetero) is 1. The topological polar surface area (TPSA) is 55.8 Å². The zero-order valence-electron chi connectivity index (χ0n) is 11.8. The zero-order valence-corrected chi connectivity index (χ0v) is 11.8. The minimum atomic E-state index is -0.653. The number of ketones is 1. The summed E-state index contributed by atoms with van der Waals surface area (Å²) < 4.78 is 10.7. The molecule has 106 valence electrons. The predicted octanol–water partition coefficient (Wildman–Crippen LogP) is 2.44. The van der Waals surface area contributed by atoms with E-state index in [1.165, 1.54) is 0 Å². The lowest BCUT2D eigenvalue weighted by atomic mass is 10.1. The molecule has 1 aromatic carbocycles. The van der Waals surface area contributed by atoms with Gasteiger partial charge in [0.1, 0.15) is 18.5 Å². The van der Waals surface area contributed by atoms with Crippen molar-refractivity contribution in [3.8, 4) is 5.75 Å². The summed E-state index contributed by atoms with van der Waals surface area (Å²) in [7, 11) is 0. The minimum absolute atomic E-state index is 0.0917. The molecule has 0 aliphatic rings. The second kappa shape index (κ2) is 7.92. The van der Waals surface area contributed by atoms with Crippen LogP contribution in [0.4, 0.5) is 0 Å². The maximum atomic E-state index is 11.4. The predicted molar refractivity (Wildman–Crippen MR) is 73.7 cm³/mol. The van der Waals surface area contributed by atoms with Gasteiger partial charge in [-0.1, -0.05) is 6.92 Å². The van der Waals surface area contributed by atoms with E-state index in [2.05, 4.69) is 0 Å². The van der Waals surface area contributed by atoms with Crippen molar-refractivity contribution in [2.75, 3.05) is 13.2 Å². The van der Waals surface area contributed by atoms with Crippen LogP contribution in [-0.4, -0.2) is 36.3 Å². The van der Waals surface area contributed by atoms with E-state index >= 15 is 0 Å². The van der Waals surface area contributed by atoms with Gasteiger partial charge in [-0.05, 0) is 38.1 Å². The Bertz CT molecular complexity index is 384. The highest BCUT2D eigenvalue weighted by molar-refractivity contribution is 5.95. The third-order valence-electron chi connectivity index (χ3n) is 2.56. The number of carbonyl (C=O) groups is 1. The molecule has 0 fully saturated rings. The summed E-state index contributed by atoms with van der Waals surface area (Å²) in [6.45, 7) is 6.09. The molecule has 4 heteroatoms. The summed E-state index contributed by atoms with van der Waals surface area (Å²) in [4.78, 5) is 11.4. The molecule has 1 unspecified atom stereocenters. The molecule has 0 aliphatic heterocycles. The summed E-state index contributed by atoms with van der Waals surface area (Å²) >= 11 is 0. The molecular formula is C15H22O4. The normalized spacial score (nSPS) is 12.5. The van der Waals surface area contributed by atoms with E-state index < -0.39 is 6.10 Å². The Labute approximate surface area is 114 Å². The summed E-state index contributed by atoms with van der Waals surface area (Å²) in [6.07, 6.45) is -0.0702. The average Bonchev–Trinajstić information content (AvgIpc) is 2.42. The number of carbonyl (C=O) groups excluding carboxylic acids is 1. The van der Waals surface area contributed by atoms with Crippen molar-refractivity contribution < 1.29 is 19.4 Å². The maximum Gasteiger partial charge on any atom is 0.162 e. The van der Waals surface area contributed by atoms with Crippen LogP contribution in [0.2, 0.25) is 0 Å². The number of rotatable bonds is 8. The first-order valence-electron chi connectivity index (χ1n) is 6.58. The number of hydrogen-bond donors (Lipinski definition) is 1. The molecule has 0 saturated heterocycles. The minimum Gasteiger partial charge on any atom is -0.491 e. The van der Waals surface area contributed by atoms with Gasteiger partial charge < -0.3 is 14.6 Å². The lowest BCUT2D eigenvalue weighted by molar-refractivity contribution is -0.0122. The van der Waals surface area contributed by atoms with Gasteiger partial charge in [-0.3, -0.25) is 4.79 Å². The Balaban J connectivity index is 2.39. The lowest BCUT2D eigenvalue weighted by Crippen LogP contribution is -2.25. The van der Waals surface area contributed by atoms with Crippen molar-refractivity contribution in [1.29, 1.82) is 0 Å². The second-order valence-electron chi connectivity index (χ2n) is 4.65. The van der Waals surface area contributed by atoms with Crippen LogP contribution in [0.1, 0.15) is 37.6 Å². The number of ether oxygens (including phenoxy) is 2. The summed E-state index contributed by atoms with van der Waals surface area (Å²) in [5, 5.41) is 9.64. The van der Waals surface area contributed by atoms with Gasteiger partial charge in [0.15, 0.2) is 5.78 Å². The van der Waals surface area contributed by atoms with Gasteiger partial charge in [-0.25, -0.2) is 0 Å². The molecule has 0 spiro atoms. The highest BCUT2D eigenvalue weighted by atomic mass is 16.5. The Morgan fingerprint density at radius 3 is 2.37 bits per heavy atom. The molecule has 1 aromatic rings. The fraction of sp³-hybridized carbons (Fsp3) is 0.533. The average molecular weight is 266 g/mol. The Morgan fingerprint density at radius 2 is 1.84 bits per heavy atom. The van der Waals surface area contributed by atoms with Gasteiger partial charge in [-0.15, -0.1) is 0 Å². The molecule has 0 heterocycles. The molecule has 0 bridgehead atoms. The maximum absolute atomic E-state index is 11.4. The number of aliphatic hydroxyl groups excluding tert-OH is 1. The highest BCUT2D eigenvalue weighted by Gasteiger charge is 2.07. The van der Waals surface area contributed by atoms with Crippen LogP contribution in [0, 0.1) is 0 Å². The van der Waals surface area contributed by atoms with Crippen LogP contribution >= 0.6 is 0 Å². The molecular weight excluding hydrogens is 244 g/mol. The van der Waals surface area contributed by atoms with Crippen molar-refractivity contribution in [3.63, 3.8) is 0 Å². The molecule has 0 radical (unpaired) electrons. The van der Waals surface area contributed by atoms with Crippen LogP contribution in [0.25, 0.3) is 0 Å². The van der Waals surface area contributed by atoms with Crippen LogP contribution in [0.5, 0.6) is 5.75 Å². The molecule has 0 aliphatic carbocycles. The Kier molecular flexibility index (Phi) is 6.53. The molecule has 19 heavy (non-hydrogen) atoms. The summed E-state index contributed by atoms with van der Waals surface area (Å²) in [6, 6.07) is 6.94. The van der Waals surface area contributed by atoms with E-state index in [0.717, 1.165) is 0 Å². The van der Waals surface area contributed by atoms with E-state index in [-0.39, 0.29) is 25.1 Å². The fourth-order valence-electron chi connectivity index (χ4n) is 1.49. The smallest absolute Gasteiger partial charge is 0.162 e. The first-order chi connectivity index (χ1) is 9.02. The number of benzene rings is 1. The molecule has 1 rings (SSSR count). The summed E-state index contributed by atoms with van der Waals surface area (Å²) in [5.41, 5.74) is 0.679.